The second-order valence-corrected chi connectivity index (χ2v) is 9.03. The molecule has 1 amide bonds. The summed E-state index contributed by atoms with van der Waals surface area (Å²) >= 11 is 0. The number of carboxylic acids is 2. The Kier molecular flexibility index (Phi) is 6.76. The average molecular weight is 539 g/mol. The number of carbonyl (C=O) groups is 3. The Morgan fingerprint density at radius 2 is 1.52 bits per heavy atom. The second kappa shape index (κ2) is 10.4. The van der Waals surface area contributed by atoms with Gasteiger partial charge in [0.05, 0.1) is 23.2 Å². The van der Waals surface area contributed by atoms with Gasteiger partial charge in [-0.1, -0.05) is 18.2 Å². The van der Waals surface area contributed by atoms with E-state index in [1.54, 1.807) is 24.3 Å². The molecule has 2 aliphatic rings. The number of aromatic carboxylic acids is 2. The van der Waals surface area contributed by atoms with Gasteiger partial charge in [-0.3, -0.25) is 9.59 Å². The second-order valence-electron chi connectivity index (χ2n) is 9.03. The maximum absolute atomic E-state index is 13.0. The van der Waals surface area contributed by atoms with Gasteiger partial charge in [-0.15, -0.1) is 0 Å². The van der Waals surface area contributed by atoms with E-state index in [1.807, 2.05) is 0 Å². The molecule has 0 radical (unpaired) electrons. The van der Waals surface area contributed by atoms with Crippen LogP contribution >= 0.6 is 0 Å². The molecule has 10 nitrogen and oxygen atoms in total. The normalized spacial score (nSPS) is 11.0. The highest BCUT2D eigenvalue weighted by molar-refractivity contribution is 6.09. The summed E-state index contributed by atoms with van der Waals surface area (Å²) in [6, 6.07) is 17.4. The molecule has 0 atom stereocenters. The molecule has 0 bridgehead atoms. The summed E-state index contributed by atoms with van der Waals surface area (Å²) in [6.07, 6.45) is 0. The molecule has 0 spiro atoms. The van der Waals surface area contributed by atoms with E-state index >= 15 is 0 Å². The standard InChI is InChI=1S/C30H22N2O8/c31-13-15-1-3-16(4-2-15)28(35)32-14-23-24(34)10-9-21-26(20-8-6-18(33)12-25(20)40-27(21)23)19-7-5-17(29(36)37)11-22(19)30(38)39/h1-12,33H,13-14,31H2,(H,32,35)(H,36,37)(H,38,39). The lowest BCUT2D eigenvalue weighted by atomic mass is 9.88. The van der Waals surface area contributed by atoms with Gasteiger partial charge in [-0.25, -0.2) is 9.59 Å². The number of amides is 1. The van der Waals surface area contributed by atoms with Crippen molar-refractivity contribution >= 4 is 28.8 Å². The number of nitrogens with two attached hydrogens (primary N) is 1. The van der Waals surface area contributed by atoms with Crippen LogP contribution < -0.4 is 16.5 Å². The first-order valence-electron chi connectivity index (χ1n) is 12.1. The summed E-state index contributed by atoms with van der Waals surface area (Å²) < 4.78 is 6.07. The van der Waals surface area contributed by atoms with E-state index in [0.29, 0.717) is 28.6 Å². The molecule has 40 heavy (non-hydrogen) atoms. The predicted octanol–water partition coefficient (Wildman–Crippen LogP) is 4.06. The van der Waals surface area contributed by atoms with E-state index in [0.717, 1.165) is 11.6 Å². The molecule has 0 saturated heterocycles. The Labute approximate surface area is 226 Å². The molecule has 5 rings (SSSR count). The van der Waals surface area contributed by atoms with Crippen LogP contribution in [0.2, 0.25) is 0 Å². The Morgan fingerprint density at radius 1 is 0.825 bits per heavy atom. The molecule has 0 unspecified atom stereocenters. The summed E-state index contributed by atoms with van der Waals surface area (Å²) in [6.45, 7) is 0.123. The van der Waals surface area contributed by atoms with Gasteiger partial charge in [0, 0.05) is 34.7 Å². The fourth-order valence-electron chi connectivity index (χ4n) is 4.57. The smallest absolute Gasteiger partial charge is 0.336 e. The lowest BCUT2D eigenvalue weighted by molar-refractivity contribution is 0.0696. The fourth-order valence-corrected chi connectivity index (χ4v) is 4.57. The van der Waals surface area contributed by atoms with Crippen LogP contribution in [0.4, 0.5) is 0 Å². The van der Waals surface area contributed by atoms with Gasteiger partial charge >= 0.3 is 11.9 Å². The van der Waals surface area contributed by atoms with Crippen LogP contribution in [-0.2, 0) is 13.1 Å². The first kappa shape index (κ1) is 26.1. The Balaban J connectivity index is 1.68. The molecule has 3 aromatic carbocycles. The van der Waals surface area contributed by atoms with Gasteiger partial charge in [-0.2, -0.15) is 0 Å². The van der Waals surface area contributed by atoms with Crippen LogP contribution in [0.1, 0.15) is 42.2 Å². The first-order chi connectivity index (χ1) is 19.2. The van der Waals surface area contributed by atoms with Gasteiger partial charge in [0.2, 0.25) is 0 Å². The maximum atomic E-state index is 13.0. The number of hydrogen-bond donors (Lipinski definition) is 5. The highest BCUT2D eigenvalue weighted by Gasteiger charge is 2.26. The molecule has 1 aliphatic heterocycles. The number of phenolic OH excluding ortho intramolecular Hbond substituents is 1. The number of aromatic hydroxyl groups is 1. The van der Waals surface area contributed by atoms with E-state index < -0.39 is 23.3 Å². The van der Waals surface area contributed by atoms with E-state index in [4.69, 9.17) is 10.2 Å². The fraction of sp³-hybridized carbons (Fsp3) is 0.0667. The van der Waals surface area contributed by atoms with Crippen LogP contribution in [0.3, 0.4) is 0 Å². The number of carbonyl (C=O) groups excluding carboxylic acids is 1. The third kappa shape index (κ3) is 4.74. The molecular formula is C30H22N2O8. The lowest BCUT2D eigenvalue weighted by Crippen LogP contribution is -2.26. The van der Waals surface area contributed by atoms with Gasteiger partial charge in [0.15, 0.2) is 5.43 Å². The van der Waals surface area contributed by atoms with Crippen LogP contribution in [0.5, 0.6) is 5.75 Å². The Morgan fingerprint density at radius 3 is 2.20 bits per heavy atom. The van der Waals surface area contributed by atoms with Crippen molar-refractivity contribution < 1.29 is 34.1 Å². The third-order valence-corrected chi connectivity index (χ3v) is 6.58. The Hall–Kier alpha value is -5.48. The molecule has 0 fully saturated rings. The minimum Gasteiger partial charge on any atom is -0.508 e. The molecule has 1 heterocycles. The van der Waals surface area contributed by atoms with Crippen molar-refractivity contribution in [1.82, 2.24) is 5.32 Å². The number of rotatable bonds is 7. The maximum Gasteiger partial charge on any atom is 0.336 e. The van der Waals surface area contributed by atoms with Crippen LogP contribution in [0, 0.1) is 0 Å². The molecule has 1 aliphatic carbocycles. The van der Waals surface area contributed by atoms with Gasteiger partial charge in [0.1, 0.15) is 17.1 Å². The minimum atomic E-state index is -1.35. The van der Waals surface area contributed by atoms with Crippen molar-refractivity contribution in [2.75, 3.05) is 0 Å². The minimum absolute atomic E-state index is 0.0815. The van der Waals surface area contributed by atoms with Gasteiger partial charge < -0.3 is 30.8 Å². The van der Waals surface area contributed by atoms with Gasteiger partial charge in [-0.05, 0) is 59.7 Å². The first-order valence-corrected chi connectivity index (χ1v) is 12.1. The number of nitrogens with one attached hydrogen (secondary N) is 1. The number of fused-ring (bicyclic) bond motifs is 2. The van der Waals surface area contributed by atoms with Crippen molar-refractivity contribution in [3.8, 4) is 28.2 Å². The molecule has 0 saturated carbocycles. The van der Waals surface area contributed by atoms with Crippen molar-refractivity contribution in [3.05, 3.63) is 111 Å². The molecular weight excluding hydrogens is 516 g/mol. The molecule has 200 valence electrons. The predicted molar refractivity (Wildman–Crippen MR) is 146 cm³/mol. The molecule has 6 N–H and O–H groups in total. The van der Waals surface area contributed by atoms with Gasteiger partial charge in [0.25, 0.3) is 5.91 Å². The van der Waals surface area contributed by atoms with E-state index in [9.17, 15) is 34.5 Å². The van der Waals surface area contributed by atoms with Crippen LogP contribution in [0.15, 0.2) is 82.0 Å². The van der Waals surface area contributed by atoms with Crippen LogP contribution in [-0.4, -0.2) is 33.2 Å². The number of benzene rings is 4. The summed E-state index contributed by atoms with van der Waals surface area (Å²) in [5.74, 6) is -3.12. The zero-order valence-electron chi connectivity index (χ0n) is 20.8. The number of phenols is 1. The van der Waals surface area contributed by atoms with E-state index in [2.05, 4.69) is 5.32 Å². The zero-order valence-corrected chi connectivity index (χ0v) is 20.8. The van der Waals surface area contributed by atoms with Crippen molar-refractivity contribution in [2.24, 2.45) is 5.73 Å². The zero-order chi connectivity index (χ0) is 28.6. The van der Waals surface area contributed by atoms with E-state index in [-0.39, 0.29) is 45.9 Å². The number of hydrogen-bond acceptors (Lipinski definition) is 7. The monoisotopic (exact) mass is 538 g/mol. The SMILES string of the molecule is NCc1ccc(C(=O)NCc2c3oc4cc(O)ccc4c(-c4ccc(C(=O)O)cc4C(=O)O)c-3ccc2=O)cc1. The van der Waals surface area contributed by atoms with Crippen molar-refractivity contribution in [3.63, 3.8) is 0 Å². The molecule has 10 heteroatoms. The topological polar surface area (TPSA) is 180 Å². The quantitative estimate of drug-likeness (QED) is 0.191. The summed E-state index contributed by atoms with van der Waals surface area (Å²) in [7, 11) is 0. The van der Waals surface area contributed by atoms with Crippen LogP contribution in [0.25, 0.3) is 33.4 Å². The highest BCUT2D eigenvalue weighted by atomic mass is 16.4. The van der Waals surface area contributed by atoms with Crippen molar-refractivity contribution in [1.29, 1.82) is 0 Å². The molecule has 3 aromatic rings. The molecule has 0 aromatic heterocycles. The lowest BCUT2D eigenvalue weighted by Gasteiger charge is -2.19. The summed E-state index contributed by atoms with van der Waals surface area (Å²) in [4.78, 5) is 49.5. The third-order valence-electron chi connectivity index (χ3n) is 6.58. The highest BCUT2D eigenvalue weighted by Crippen LogP contribution is 2.43. The average Bonchev–Trinajstić information content (AvgIpc) is 2.95. The van der Waals surface area contributed by atoms with E-state index in [1.165, 1.54) is 42.5 Å². The summed E-state index contributed by atoms with van der Waals surface area (Å²) in [5.41, 5.74) is 7.07. The number of carboxylic acid groups (broad SMARTS) is 2. The summed E-state index contributed by atoms with van der Waals surface area (Å²) in [5, 5.41) is 32.6. The van der Waals surface area contributed by atoms with Crippen molar-refractivity contribution in [2.45, 2.75) is 13.1 Å². The largest absolute Gasteiger partial charge is 0.508 e. The Bertz CT molecular complexity index is 1840.